The van der Waals surface area contributed by atoms with E-state index in [1.807, 2.05) is 0 Å². The van der Waals surface area contributed by atoms with Gasteiger partial charge in [-0.2, -0.15) is 9.78 Å². The maximum absolute atomic E-state index is 13.3. The molecule has 3 aromatic rings. The molecule has 1 aromatic heterocycles. The zero-order valence-corrected chi connectivity index (χ0v) is 18.2. The van der Waals surface area contributed by atoms with Crippen LogP contribution in [-0.2, 0) is 16.5 Å². The minimum Gasteiger partial charge on any atom is -0.487 e. The molecule has 0 atom stereocenters. The minimum atomic E-state index is -2.51. The van der Waals surface area contributed by atoms with Gasteiger partial charge in [0.15, 0.2) is 5.75 Å². The van der Waals surface area contributed by atoms with Crippen LogP contribution < -0.4 is 10.3 Å². The number of nitrogens with zero attached hydrogens (tertiary/aromatic N) is 2. The lowest BCUT2D eigenvalue weighted by atomic mass is 10.1. The van der Waals surface area contributed by atoms with Crippen molar-refractivity contribution in [2.45, 2.75) is 38.4 Å². The number of unbranched alkanes of at least 4 members (excludes halogenated alkanes) is 3. The van der Waals surface area contributed by atoms with Crippen molar-refractivity contribution in [3.63, 3.8) is 0 Å². The first-order chi connectivity index (χ1) is 15.0. The van der Waals surface area contributed by atoms with Crippen LogP contribution in [0.5, 0.6) is 5.75 Å². The van der Waals surface area contributed by atoms with Crippen LogP contribution in [0.1, 0.15) is 38.2 Å². The molecule has 0 saturated carbocycles. The molecule has 0 aliphatic rings. The number of thiol groups is 1. The Kier molecular flexibility index (Phi) is 7.94. The fourth-order valence-electron chi connectivity index (χ4n) is 3.19. The highest BCUT2D eigenvalue weighted by Gasteiger charge is 2.16. The van der Waals surface area contributed by atoms with Crippen molar-refractivity contribution in [1.29, 1.82) is 0 Å². The van der Waals surface area contributed by atoms with E-state index in [0.717, 1.165) is 25.7 Å². The first-order valence-electron chi connectivity index (χ1n) is 10.2. The van der Waals surface area contributed by atoms with Crippen LogP contribution in [-0.4, -0.2) is 24.8 Å². The second kappa shape index (κ2) is 10.9. The molecule has 6 nitrogen and oxygen atoms in total. The van der Waals surface area contributed by atoms with E-state index in [1.165, 1.54) is 35.1 Å². The first kappa shape index (κ1) is 22.7. The van der Waals surface area contributed by atoms with Crippen molar-refractivity contribution >= 4 is 10.7 Å². The maximum Gasteiger partial charge on any atom is 0.314 e. The molecule has 8 heteroatoms. The predicted octanol–water partition coefficient (Wildman–Crippen LogP) is 4.11. The van der Waals surface area contributed by atoms with E-state index in [1.54, 1.807) is 24.3 Å². The number of ether oxygens (including phenoxy) is 1. The molecule has 0 fully saturated rings. The Morgan fingerprint density at radius 1 is 1.00 bits per heavy atom. The first-order valence-corrected chi connectivity index (χ1v) is 11.6. The molecule has 0 radical (unpaired) electrons. The lowest BCUT2D eigenvalue weighted by molar-refractivity contribution is 0.300. The molecule has 31 heavy (non-hydrogen) atoms. The Hall–Kier alpha value is -3.00. The fourth-order valence-corrected chi connectivity index (χ4v) is 3.70. The van der Waals surface area contributed by atoms with Crippen molar-refractivity contribution < 1.29 is 17.5 Å². The van der Waals surface area contributed by atoms with Crippen LogP contribution in [0.3, 0.4) is 0 Å². The number of hydrogen-bond acceptors (Lipinski definition) is 5. The van der Waals surface area contributed by atoms with Gasteiger partial charge in [-0.25, -0.2) is 12.8 Å². The Labute approximate surface area is 182 Å². The van der Waals surface area contributed by atoms with Crippen LogP contribution in [0.4, 0.5) is 4.39 Å². The third kappa shape index (κ3) is 6.01. The topological polar surface area (TPSA) is 78.3 Å². The predicted molar refractivity (Wildman–Crippen MR) is 119 cm³/mol. The van der Waals surface area contributed by atoms with E-state index < -0.39 is 22.1 Å². The van der Waals surface area contributed by atoms with Crippen LogP contribution in [0.2, 0.25) is 0 Å². The highest BCUT2D eigenvalue weighted by molar-refractivity contribution is 7.71. The zero-order chi connectivity index (χ0) is 22.2. The highest BCUT2D eigenvalue weighted by Crippen LogP contribution is 2.27. The quantitative estimate of drug-likeness (QED) is 0.376. The monoisotopic (exact) mass is 444 g/mol. The van der Waals surface area contributed by atoms with E-state index >= 15 is 0 Å². The number of rotatable bonds is 10. The van der Waals surface area contributed by atoms with Crippen LogP contribution >= 0.6 is 0 Å². The third-order valence-electron chi connectivity index (χ3n) is 4.83. The largest absolute Gasteiger partial charge is 0.487 e. The molecular formula is C23H25FN2O4S. The summed E-state index contributed by atoms with van der Waals surface area (Å²) in [6, 6.07) is 12.4. The molecule has 1 heterocycles. The average molecular weight is 445 g/mol. The molecule has 3 rings (SSSR count). The van der Waals surface area contributed by atoms with Crippen LogP contribution in [0, 0.1) is 5.82 Å². The number of benzene rings is 2. The van der Waals surface area contributed by atoms with Crippen molar-refractivity contribution in [3.05, 3.63) is 76.5 Å². The molecule has 2 aromatic carbocycles. The fraction of sp³-hybridized carbons (Fsp3) is 0.304. The van der Waals surface area contributed by atoms with Crippen molar-refractivity contribution in [1.82, 2.24) is 9.78 Å². The Bertz CT molecular complexity index is 1130. The summed E-state index contributed by atoms with van der Waals surface area (Å²) in [6.07, 6.45) is 5.55. The van der Waals surface area contributed by atoms with E-state index in [9.17, 15) is 17.6 Å². The van der Waals surface area contributed by atoms with Crippen molar-refractivity contribution in [2.24, 2.45) is 0 Å². The molecule has 0 spiro atoms. The summed E-state index contributed by atoms with van der Waals surface area (Å²) >= 11 is 0. The minimum absolute atomic E-state index is 0.0409. The van der Waals surface area contributed by atoms with Crippen molar-refractivity contribution in [2.75, 3.05) is 6.61 Å². The van der Waals surface area contributed by atoms with E-state index in [-0.39, 0.29) is 11.5 Å². The van der Waals surface area contributed by atoms with E-state index in [2.05, 4.69) is 12.0 Å². The van der Waals surface area contributed by atoms with Crippen LogP contribution in [0.15, 0.2) is 59.5 Å². The van der Waals surface area contributed by atoms with Gasteiger partial charge in [-0.05, 0) is 41.8 Å². The van der Waals surface area contributed by atoms with Gasteiger partial charge in [0.05, 0.1) is 24.2 Å². The second-order valence-corrected chi connectivity index (χ2v) is 8.16. The summed E-state index contributed by atoms with van der Waals surface area (Å²) in [7, 11) is -2.51. The summed E-state index contributed by atoms with van der Waals surface area (Å²) in [4.78, 5) is 13.2. The van der Waals surface area contributed by atoms with Gasteiger partial charge in [0.1, 0.15) is 16.5 Å². The van der Waals surface area contributed by atoms with Gasteiger partial charge in [-0.1, -0.05) is 50.5 Å². The van der Waals surface area contributed by atoms with Gasteiger partial charge in [0.2, 0.25) is 0 Å². The number of hydrogen-bond donors (Lipinski definition) is 1. The summed E-state index contributed by atoms with van der Waals surface area (Å²) < 4.78 is 42.3. The van der Waals surface area contributed by atoms with Gasteiger partial charge in [0.25, 0.3) is 0 Å². The smallest absolute Gasteiger partial charge is 0.314 e. The Morgan fingerprint density at radius 2 is 1.71 bits per heavy atom. The van der Waals surface area contributed by atoms with Gasteiger partial charge in [-0.15, -0.1) is 0 Å². The van der Waals surface area contributed by atoms with Crippen LogP contribution in [0.25, 0.3) is 16.8 Å². The molecule has 0 unspecified atom stereocenters. The van der Waals surface area contributed by atoms with E-state index in [4.69, 9.17) is 4.74 Å². The van der Waals surface area contributed by atoms with E-state index in [0.29, 0.717) is 29.0 Å². The average Bonchev–Trinajstić information content (AvgIpc) is 2.75. The zero-order valence-electron chi connectivity index (χ0n) is 17.3. The molecule has 0 saturated heterocycles. The molecule has 0 aliphatic carbocycles. The summed E-state index contributed by atoms with van der Waals surface area (Å²) in [5.74, 6) is -0.278. The van der Waals surface area contributed by atoms with Crippen molar-refractivity contribution in [3.8, 4) is 22.6 Å². The lowest BCUT2D eigenvalue weighted by Gasteiger charge is -2.14. The molecule has 0 amide bonds. The van der Waals surface area contributed by atoms with Gasteiger partial charge >= 0.3 is 5.56 Å². The SMILES string of the molecule is CCCCCCOc1c(-c2ccc(C[SH](=O)=O)cc2)cnn(-c2ccc(F)cc2)c1=O. The summed E-state index contributed by atoms with van der Waals surface area (Å²) in [6.45, 7) is 2.51. The Morgan fingerprint density at radius 3 is 2.35 bits per heavy atom. The third-order valence-corrected chi connectivity index (χ3v) is 5.45. The standard InChI is InChI=1S/C23H25FN2O4S/c1-2-3-4-5-14-30-22-21(18-8-6-17(7-9-18)16-31(28)29)15-25-26(23(22)27)20-12-10-19(24)11-13-20/h6-13,15,31H,2-5,14,16H2,1H3. The maximum atomic E-state index is 13.3. The molecule has 0 bridgehead atoms. The molecule has 0 aliphatic heterocycles. The normalized spacial score (nSPS) is 11.1. The summed E-state index contributed by atoms with van der Waals surface area (Å²) in [5, 5.41) is 4.25. The lowest BCUT2D eigenvalue weighted by Crippen LogP contribution is -2.24. The van der Waals surface area contributed by atoms with Gasteiger partial charge in [0, 0.05) is 5.56 Å². The highest BCUT2D eigenvalue weighted by atomic mass is 32.2. The Balaban J connectivity index is 1.97. The summed E-state index contributed by atoms with van der Waals surface area (Å²) in [5.41, 5.74) is 1.88. The van der Waals surface area contributed by atoms with Gasteiger partial charge in [-0.3, -0.25) is 4.79 Å². The van der Waals surface area contributed by atoms with Gasteiger partial charge < -0.3 is 4.74 Å². The number of halogens is 1. The second-order valence-electron chi connectivity index (χ2n) is 7.18. The molecule has 164 valence electrons. The molecule has 0 N–H and O–H groups in total. The number of aromatic nitrogens is 2. The molecular weight excluding hydrogens is 419 g/mol.